The Hall–Kier alpha value is -0.610. The smallest absolute Gasteiger partial charge is 0.219 e. The minimum Gasteiger partial charge on any atom is -0.378 e. The number of carbonyl (C=O) groups excluding carboxylic acids is 1. The van der Waals surface area contributed by atoms with Gasteiger partial charge in [0.1, 0.15) is 0 Å². The standard InChI is InChI=1S/C6H12N2O2/c7-6(9)3-5-4-10-2-1-8-5/h5,8H,1-4H2,(H2,7,9)/t5-/m0/s1. The highest BCUT2D eigenvalue weighted by Gasteiger charge is 2.14. The molecule has 10 heavy (non-hydrogen) atoms. The molecule has 3 N–H and O–H groups in total. The lowest BCUT2D eigenvalue weighted by Crippen LogP contribution is -2.43. The predicted octanol–water partition coefficient (Wildman–Crippen LogP) is -1.15. The minimum atomic E-state index is -0.275. The molecule has 0 saturated carbocycles. The zero-order valence-electron chi connectivity index (χ0n) is 5.80. The van der Waals surface area contributed by atoms with Gasteiger partial charge in [0.25, 0.3) is 0 Å². The van der Waals surface area contributed by atoms with Gasteiger partial charge in [-0.25, -0.2) is 0 Å². The quantitative estimate of drug-likeness (QED) is 0.514. The molecule has 0 spiro atoms. The maximum Gasteiger partial charge on any atom is 0.219 e. The number of hydrogen-bond acceptors (Lipinski definition) is 3. The second-order valence-electron chi connectivity index (χ2n) is 2.40. The molecule has 1 rings (SSSR count). The van der Waals surface area contributed by atoms with Gasteiger partial charge >= 0.3 is 0 Å². The van der Waals surface area contributed by atoms with Gasteiger partial charge in [-0.1, -0.05) is 0 Å². The van der Waals surface area contributed by atoms with Gasteiger partial charge in [0, 0.05) is 19.0 Å². The molecule has 1 heterocycles. The molecular formula is C6H12N2O2. The van der Waals surface area contributed by atoms with Crippen LogP contribution < -0.4 is 11.1 Å². The summed E-state index contributed by atoms with van der Waals surface area (Å²) in [6.45, 7) is 2.15. The third-order valence-electron chi connectivity index (χ3n) is 1.45. The first kappa shape index (κ1) is 7.50. The summed E-state index contributed by atoms with van der Waals surface area (Å²) in [6.07, 6.45) is 0.375. The number of carbonyl (C=O) groups is 1. The Morgan fingerprint density at radius 2 is 2.60 bits per heavy atom. The maximum atomic E-state index is 10.4. The van der Waals surface area contributed by atoms with Crippen molar-refractivity contribution in [3.63, 3.8) is 0 Å². The summed E-state index contributed by atoms with van der Waals surface area (Å²) in [4.78, 5) is 10.4. The topological polar surface area (TPSA) is 64.4 Å². The van der Waals surface area contributed by atoms with E-state index < -0.39 is 0 Å². The van der Waals surface area contributed by atoms with Crippen LogP contribution in [0.4, 0.5) is 0 Å². The number of amides is 1. The van der Waals surface area contributed by atoms with E-state index in [0.29, 0.717) is 13.0 Å². The number of morpholine rings is 1. The number of rotatable bonds is 2. The normalized spacial score (nSPS) is 26.2. The molecule has 1 saturated heterocycles. The summed E-state index contributed by atoms with van der Waals surface area (Å²) >= 11 is 0. The minimum absolute atomic E-state index is 0.131. The maximum absolute atomic E-state index is 10.4. The monoisotopic (exact) mass is 144 g/mol. The molecule has 0 aromatic carbocycles. The lowest BCUT2D eigenvalue weighted by molar-refractivity contribution is -0.119. The van der Waals surface area contributed by atoms with Crippen molar-refractivity contribution < 1.29 is 9.53 Å². The van der Waals surface area contributed by atoms with Gasteiger partial charge in [-0.15, -0.1) is 0 Å². The SMILES string of the molecule is NC(=O)C[C@H]1COCCN1. The number of nitrogens with one attached hydrogen (secondary N) is 1. The Morgan fingerprint density at radius 1 is 1.80 bits per heavy atom. The third-order valence-corrected chi connectivity index (χ3v) is 1.45. The summed E-state index contributed by atoms with van der Waals surface area (Å²) in [5, 5.41) is 3.12. The predicted molar refractivity (Wildman–Crippen MR) is 36.4 cm³/mol. The van der Waals surface area contributed by atoms with Crippen molar-refractivity contribution in [3.8, 4) is 0 Å². The number of primary amides is 1. The van der Waals surface area contributed by atoms with E-state index in [9.17, 15) is 4.79 Å². The molecular weight excluding hydrogens is 132 g/mol. The average molecular weight is 144 g/mol. The van der Waals surface area contributed by atoms with E-state index in [-0.39, 0.29) is 11.9 Å². The molecule has 4 heteroatoms. The summed E-state index contributed by atoms with van der Waals surface area (Å²) < 4.78 is 5.11. The molecule has 0 bridgehead atoms. The van der Waals surface area contributed by atoms with Gasteiger partial charge in [-0.2, -0.15) is 0 Å². The van der Waals surface area contributed by atoms with Gasteiger partial charge < -0.3 is 15.8 Å². The Morgan fingerprint density at radius 3 is 3.10 bits per heavy atom. The molecule has 0 radical (unpaired) electrons. The van der Waals surface area contributed by atoms with Crippen LogP contribution in [0.3, 0.4) is 0 Å². The molecule has 4 nitrogen and oxygen atoms in total. The second kappa shape index (κ2) is 3.53. The molecule has 1 aliphatic heterocycles. The van der Waals surface area contributed by atoms with E-state index in [2.05, 4.69) is 5.32 Å². The average Bonchev–Trinajstić information content (AvgIpc) is 1.88. The number of hydrogen-bond donors (Lipinski definition) is 2. The highest BCUT2D eigenvalue weighted by molar-refractivity contribution is 5.74. The Kier molecular flexibility index (Phi) is 2.65. The molecule has 1 atom stereocenters. The van der Waals surface area contributed by atoms with Gasteiger partial charge in [0.2, 0.25) is 5.91 Å². The molecule has 1 aliphatic rings. The highest BCUT2D eigenvalue weighted by atomic mass is 16.5. The summed E-state index contributed by atoms with van der Waals surface area (Å²) in [5.74, 6) is -0.275. The lowest BCUT2D eigenvalue weighted by Gasteiger charge is -2.22. The van der Waals surface area contributed by atoms with Crippen LogP contribution in [0.15, 0.2) is 0 Å². The van der Waals surface area contributed by atoms with E-state index >= 15 is 0 Å². The molecule has 1 fully saturated rings. The van der Waals surface area contributed by atoms with E-state index in [1.54, 1.807) is 0 Å². The van der Waals surface area contributed by atoms with E-state index in [0.717, 1.165) is 13.2 Å². The van der Waals surface area contributed by atoms with Crippen LogP contribution in [0.5, 0.6) is 0 Å². The van der Waals surface area contributed by atoms with Crippen LogP contribution in [0.25, 0.3) is 0 Å². The zero-order valence-corrected chi connectivity index (χ0v) is 5.80. The fourth-order valence-electron chi connectivity index (χ4n) is 0.994. The molecule has 0 aromatic heterocycles. The largest absolute Gasteiger partial charge is 0.378 e. The van der Waals surface area contributed by atoms with Crippen molar-refractivity contribution in [2.75, 3.05) is 19.8 Å². The Balaban J connectivity index is 2.19. The zero-order chi connectivity index (χ0) is 7.40. The van der Waals surface area contributed by atoms with Crippen molar-refractivity contribution in [2.45, 2.75) is 12.5 Å². The molecule has 0 unspecified atom stereocenters. The van der Waals surface area contributed by atoms with Gasteiger partial charge in [-0.05, 0) is 0 Å². The third kappa shape index (κ3) is 2.33. The Bertz CT molecular complexity index is 121. The van der Waals surface area contributed by atoms with Gasteiger partial charge in [-0.3, -0.25) is 4.79 Å². The Labute approximate surface area is 59.7 Å². The van der Waals surface area contributed by atoms with Crippen molar-refractivity contribution in [2.24, 2.45) is 5.73 Å². The molecule has 0 aliphatic carbocycles. The molecule has 58 valence electrons. The molecule has 0 aromatic rings. The van der Waals surface area contributed by atoms with Gasteiger partial charge in [0.05, 0.1) is 13.2 Å². The summed E-state index contributed by atoms with van der Waals surface area (Å²) in [5.41, 5.74) is 4.99. The first-order valence-corrected chi connectivity index (χ1v) is 3.38. The van der Waals surface area contributed by atoms with Crippen LogP contribution in [0.2, 0.25) is 0 Å². The fourth-order valence-corrected chi connectivity index (χ4v) is 0.994. The van der Waals surface area contributed by atoms with Crippen molar-refractivity contribution in [3.05, 3.63) is 0 Å². The number of ether oxygens (including phenoxy) is 1. The van der Waals surface area contributed by atoms with E-state index in [4.69, 9.17) is 10.5 Å². The number of nitrogens with two attached hydrogens (primary N) is 1. The van der Waals surface area contributed by atoms with Crippen LogP contribution in [0.1, 0.15) is 6.42 Å². The van der Waals surface area contributed by atoms with E-state index in [1.165, 1.54) is 0 Å². The first-order valence-electron chi connectivity index (χ1n) is 3.38. The van der Waals surface area contributed by atoms with Crippen LogP contribution in [0, 0.1) is 0 Å². The lowest BCUT2D eigenvalue weighted by atomic mass is 10.2. The van der Waals surface area contributed by atoms with E-state index in [1.807, 2.05) is 0 Å². The van der Waals surface area contributed by atoms with Crippen LogP contribution in [-0.4, -0.2) is 31.7 Å². The first-order chi connectivity index (χ1) is 4.79. The second-order valence-corrected chi connectivity index (χ2v) is 2.40. The fraction of sp³-hybridized carbons (Fsp3) is 0.833. The van der Waals surface area contributed by atoms with Crippen molar-refractivity contribution >= 4 is 5.91 Å². The summed E-state index contributed by atoms with van der Waals surface area (Å²) in [7, 11) is 0. The molecule has 1 amide bonds. The van der Waals surface area contributed by atoms with Crippen LogP contribution in [-0.2, 0) is 9.53 Å². The van der Waals surface area contributed by atoms with Crippen molar-refractivity contribution in [1.82, 2.24) is 5.32 Å². The summed E-state index contributed by atoms with van der Waals surface area (Å²) in [6, 6.07) is 0.131. The van der Waals surface area contributed by atoms with Gasteiger partial charge in [0.15, 0.2) is 0 Å². The highest BCUT2D eigenvalue weighted by Crippen LogP contribution is 1.96. The van der Waals surface area contributed by atoms with Crippen molar-refractivity contribution in [1.29, 1.82) is 0 Å². The van der Waals surface area contributed by atoms with Crippen LogP contribution >= 0.6 is 0 Å².